The van der Waals surface area contributed by atoms with Gasteiger partial charge in [-0.25, -0.2) is 15.2 Å². The van der Waals surface area contributed by atoms with Crippen LogP contribution in [-0.4, -0.2) is 35.4 Å². The molecule has 0 fully saturated rings. The van der Waals surface area contributed by atoms with Gasteiger partial charge in [0, 0.05) is 5.56 Å². The summed E-state index contributed by atoms with van der Waals surface area (Å²) in [5, 5.41) is 3.97. The van der Waals surface area contributed by atoms with Gasteiger partial charge in [-0.2, -0.15) is 5.10 Å². The van der Waals surface area contributed by atoms with E-state index in [1.165, 1.54) is 18.0 Å². The fourth-order valence-corrected chi connectivity index (χ4v) is 4.29. The molecule has 0 bridgehead atoms. The number of hydrogen-bond donors (Lipinski definition) is 1. The maximum Gasteiger partial charge on any atom is 0.338 e. The number of aromatic nitrogens is 1. The lowest BCUT2D eigenvalue weighted by atomic mass is 10.1. The lowest BCUT2D eigenvalue weighted by Gasteiger charge is -2.06. The molecule has 0 radical (unpaired) electrons. The number of thioether (sulfide) groups is 1. The Hall–Kier alpha value is -2.71. The van der Waals surface area contributed by atoms with Crippen molar-refractivity contribution in [3.8, 4) is 0 Å². The maximum absolute atomic E-state index is 12.2. The van der Waals surface area contributed by atoms with Gasteiger partial charge in [-0.3, -0.25) is 4.79 Å². The molecule has 3 aromatic rings. The quantitative estimate of drug-likeness (QED) is 0.179. The van der Waals surface area contributed by atoms with Crippen LogP contribution in [0.15, 0.2) is 58.0 Å². The second-order valence-electron chi connectivity index (χ2n) is 6.11. The summed E-state index contributed by atoms with van der Waals surface area (Å²) < 4.78 is 7.18. The van der Waals surface area contributed by atoms with Gasteiger partial charge in [0.25, 0.3) is 5.91 Å². The van der Waals surface area contributed by atoms with E-state index in [-0.39, 0.29) is 11.7 Å². The van der Waals surface area contributed by atoms with E-state index in [0.29, 0.717) is 17.7 Å². The van der Waals surface area contributed by atoms with E-state index in [4.69, 9.17) is 4.74 Å². The number of amides is 1. The number of hydrazone groups is 1. The fraction of sp³-hybridized carbons (Fsp3) is 0.238. The highest BCUT2D eigenvalue weighted by molar-refractivity contribution is 8.01. The second kappa shape index (κ2) is 10.7. The Bertz CT molecular complexity index is 984. The molecule has 6 nitrogen and oxygen atoms in total. The first kappa shape index (κ1) is 21.0. The number of nitrogens with one attached hydrogen (secondary N) is 1. The first-order chi connectivity index (χ1) is 14.2. The number of hydrogen-bond acceptors (Lipinski definition) is 7. The van der Waals surface area contributed by atoms with Crippen LogP contribution in [-0.2, 0) is 9.53 Å². The molecule has 0 saturated heterocycles. The van der Waals surface area contributed by atoms with Crippen molar-refractivity contribution in [1.82, 2.24) is 10.4 Å². The number of ether oxygens (including phenoxy) is 1. The van der Waals surface area contributed by atoms with Crippen LogP contribution in [0.4, 0.5) is 0 Å². The van der Waals surface area contributed by atoms with Crippen LogP contribution in [0.1, 0.15) is 35.7 Å². The van der Waals surface area contributed by atoms with Crippen molar-refractivity contribution >= 4 is 51.4 Å². The summed E-state index contributed by atoms with van der Waals surface area (Å²) in [6.07, 6.45) is 3.23. The van der Waals surface area contributed by atoms with Crippen molar-refractivity contribution in [2.24, 2.45) is 5.10 Å². The summed E-state index contributed by atoms with van der Waals surface area (Å²) in [5.74, 6) is -0.426. The SMILES string of the molecule is CCCCOC(=O)c1ccccc1/C=N/NC(=O)CSc1nc2ccccc2s1. The van der Waals surface area contributed by atoms with Gasteiger partial charge in [-0.05, 0) is 24.6 Å². The highest BCUT2D eigenvalue weighted by Gasteiger charge is 2.11. The average Bonchev–Trinajstić information content (AvgIpc) is 3.16. The zero-order valence-electron chi connectivity index (χ0n) is 16.0. The number of benzene rings is 2. The van der Waals surface area contributed by atoms with Crippen molar-refractivity contribution < 1.29 is 14.3 Å². The molecule has 0 spiro atoms. The van der Waals surface area contributed by atoms with Crippen LogP contribution in [0.2, 0.25) is 0 Å². The van der Waals surface area contributed by atoms with Crippen LogP contribution in [0.25, 0.3) is 10.2 Å². The van der Waals surface area contributed by atoms with E-state index in [9.17, 15) is 9.59 Å². The molecule has 0 unspecified atom stereocenters. The molecule has 1 amide bonds. The van der Waals surface area contributed by atoms with Crippen molar-refractivity contribution in [3.05, 3.63) is 59.7 Å². The number of para-hydroxylation sites is 1. The summed E-state index contributed by atoms with van der Waals surface area (Å²) in [7, 11) is 0. The highest BCUT2D eigenvalue weighted by Crippen LogP contribution is 2.28. The minimum Gasteiger partial charge on any atom is -0.462 e. The van der Waals surface area contributed by atoms with Gasteiger partial charge in [0.05, 0.1) is 34.4 Å². The van der Waals surface area contributed by atoms with E-state index in [1.54, 1.807) is 35.6 Å². The average molecular weight is 428 g/mol. The molecule has 1 heterocycles. The molecular weight excluding hydrogens is 406 g/mol. The zero-order chi connectivity index (χ0) is 20.5. The third-order valence-electron chi connectivity index (χ3n) is 3.91. The summed E-state index contributed by atoms with van der Waals surface area (Å²) in [5.41, 5.74) is 4.43. The van der Waals surface area contributed by atoms with Gasteiger partial charge >= 0.3 is 5.97 Å². The van der Waals surface area contributed by atoms with Gasteiger partial charge in [-0.15, -0.1) is 11.3 Å². The monoisotopic (exact) mass is 427 g/mol. The molecule has 29 heavy (non-hydrogen) atoms. The zero-order valence-corrected chi connectivity index (χ0v) is 17.6. The van der Waals surface area contributed by atoms with Crippen molar-refractivity contribution in [2.75, 3.05) is 12.4 Å². The van der Waals surface area contributed by atoms with Gasteiger partial charge < -0.3 is 4.74 Å². The molecule has 1 N–H and O–H groups in total. The smallest absolute Gasteiger partial charge is 0.338 e. The molecule has 1 aromatic heterocycles. The number of unbranched alkanes of at least 4 members (excludes halogenated alkanes) is 1. The number of rotatable bonds is 9. The van der Waals surface area contributed by atoms with Crippen LogP contribution in [0.5, 0.6) is 0 Å². The Labute approximate surface area is 177 Å². The topological polar surface area (TPSA) is 80.6 Å². The minimum absolute atomic E-state index is 0.206. The van der Waals surface area contributed by atoms with Gasteiger partial charge in [0.2, 0.25) is 0 Å². The predicted molar refractivity (Wildman–Crippen MR) is 118 cm³/mol. The number of carbonyl (C=O) groups excluding carboxylic acids is 2. The predicted octanol–water partition coefficient (Wildman–Crippen LogP) is 4.50. The number of carbonyl (C=O) groups is 2. The number of nitrogens with zero attached hydrogens (tertiary/aromatic N) is 2. The fourth-order valence-electron chi connectivity index (χ4n) is 2.43. The number of esters is 1. The first-order valence-corrected chi connectivity index (χ1v) is 11.0. The number of thiazole rings is 1. The van der Waals surface area contributed by atoms with Gasteiger partial charge in [0.1, 0.15) is 0 Å². The molecule has 0 aliphatic rings. The van der Waals surface area contributed by atoms with Crippen LogP contribution < -0.4 is 5.43 Å². The standard InChI is InChI=1S/C21H21N3O3S2/c1-2-3-12-27-20(26)16-9-5-4-8-15(16)13-22-24-19(25)14-28-21-23-17-10-6-7-11-18(17)29-21/h4-11,13H,2-3,12,14H2,1H3,(H,24,25)/b22-13+. The van der Waals surface area contributed by atoms with Crippen LogP contribution >= 0.6 is 23.1 Å². The Morgan fingerprint density at radius 3 is 2.83 bits per heavy atom. The molecule has 150 valence electrons. The van der Waals surface area contributed by atoms with Crippen LogP contribution in [0, 0.1) is 0 Å². The lowest BCUT2D eigenvalue weighted by molar-refractivity contribution is -0.118. The summed E-state index contributed by atoms with van der Waals surface area (Å²) in [6, 6.07) is 14.9. The van der Waals surface area contributed by atoms with Gasteiger partial charge in [-0.1, -0.05) is 55.4 Å². The van der Waals surface area contributed by atoms with Crippen molar-refractivity contribution in [3.63, 3.8) is 0 Å². The van der Waals surface area contributed by atoms with E-state index >= 15 is 0 Å². The van der Waals surface area contributed by atoms with E-state index < -0.39 is 5.97 Å². The lowest BCUT2D eigenvalue weighted by Crippen LogP contribution is -2.19. The summed E-state index contributed by atoms with van der Waals surface area (Å²) in [6.45, 7) is 2.42. The normalized spacial score (nSPS) is 11.1. The molecule has 0 aliphatic heterocycles. The summed E-state index contributed by atoms with van der Waals surface area (Å²) >= 11 is 2.92. The van der Waals surface area contributed by atoms with Crippen LogP contribution in [0.3, 0.4) is 0 Å². The minimum atomic E-state index is -0.391. The Balaban J connectivity index is 1.52. The van der Waals surface area contributed by atoms with Crippen molar-refractivity contribution in [2.45, 2.75) is 24.1 Å². The van der Waals surface area contributed by atoms with Crippen molar-refractivity contribution in [1.29, 1.82) is 0 Å². The molecular formula is C21H21N3O3S2. The third kappa shape index (κ3) is 6.13. The van der Waals surface area contributed by atoms with E-state index in [0.717, 1.165) is 27.4 Å². The Morgan fingerprint density at radius 2 is 2.00 bits per heavy atom. The summed E-state index contributed by atoms with van der Waals surface area (Å²) in [4.78, 5) is 28.7. The highest BCUT2D eigenvalue weighted by atomic mass is 32.2. The molecule has 0 saturated carbocycles. The van der Waals surface area contributed by atoms with E-state index in [2.05, 4.69) is 15.5 Å². The first-order valence-electron chi connectivity index (χ1n) is 9.24. The Morgan fingerprint density at radius 1 is 1.21 bits per heavy atom. The number of fused-ring (bicyclic) bond motifs is 1. The molecule has 0 aliphatic carbocycles. The third-order valence-corrected chi connectivity index (χ3v) is 6.08. The Kier molecular flexibility index (Phi) is 7.77. The van der Waals surface area contributed by atoms with E-state index in [1.807, 2.05) is 31.2 Å². The van der Waals surface area contributed by atoms with Gasteiger partial charge in [0.15, 0.2) is 4.34 Å². The molecule has 2 aromatic carbocycles. The second-order valence-corrected chi connectivity index (χ2v) is 8.36. The molecule has 0 atom stereocenters. The molecule has 8 heteroatoms. The molecule has 3 rings (SSSR count). The largest absolute Gasteiger partial charge is 0.462 e. The maximum atomic E-state index is 12.2.